The fourth-order valence-electron chi connectivity index (χ4n) is 4.52. The molecule has 4 heteroatoms. The number of phenols is 1. The summed E-state index contributed by atoms with van der Waals surface area (Å²) in [6.07, 6.45) is 4.01. The van der Waals surface area contributed by atoms with Gasteiger partial charge in [0.1, 0.15) is 12.2 Å². The van der Waals surface area contributed by atoms with E-state index in [9.17, 15) is 10.2 Å². The second kappa shape index (κ2) is 4.24. The van der Waals surface area contributed by atoms with Gasteiger partial charge in [-0.25, -0.2) is 0 Å². The molecule has 1 aromatic carbocycles. The largest absolute Gasteiger partial charge is 0.504 e. The van der Waals surface area contributed by atoms with Gasteiger partial charge >= 0.3 is 0 Å². The fourth-order valence-corrected chi connectivity index (χ4v) is 4.52. The lowest BCUT2D eigenvalue weighted by Gasteiger charge is -2.52. The number of piperidine rings is 1. The molecule has 1 fully saturated rings. The smallest absolute Gasteiger partial charge is 0.165 e. The number of ether oxygens (including phenoxy) is 1. The minimum absolute atomic E-state index is 0.175. The molecule has 2 N–H and O–H groups in total. The van der Waals surface area contributed by atoms with Gasteiger partial charge in [-0.05, 0) is 33.0 Å². The molecule has 0 unspecified atom stereocenters. The summed E-state index contributed by atoms with van der Waals surface area (Å²) in [7, 11) is 2.14. The maximum Gasteiger partial charge on any atom is 0.165 e. The Hall–Kier alpha value is -1.52. The first-order chi connectivity index (χ1) is 10.1. The van der Waals surface area contributed by atoms with E-state index in [0.717, 1.165) is 18.5 Å². The Kier molecular flexibility index (Phi) is 2.66. The summed E-state index contributed by atoms with van der Waals surface area (Å²) in [5.74, 6) is 1.02. The SMILES string of the molecule is C[C@@H]1[C@@H]2C=C[C@H](O)[C@@H]3Oc4c(O)cccc4[C@]23CCN1C. The topological polar surface area (TPSA) is 52.9 Å². The van der Waals surface area contributed by atoms with Crippen molar-refractivity contribution in [2.45, 2.75) is 37.0 Å². The normalized spacial score (nSPS) is 41.1. The number of phenolic OH excluding ortho intramolecular Hbond substituents is 1. The first-order valence-corrected chi connectivity index (χ1v) is 7.61. The minimum Gasteiger partial charge on any atom is -0.504 e. The summed E-state index contributed by atoms with van der Waals surface area (Å²) in [6, 6.07) is 5.95. The number of benzene rings is 1. The molecule has 0 amide bonds. The van der Waals surface area contributed by atoms with Crippen molar-refractivity contribution < 1.29 is 14.9 Å². The van der Waals surface area contributed by atoms with E-state index in [1.54, 1.807) is 6.07 Å². The highest BCUT2D eigenvalue weighted by atomic mass is 16.5. The molecule has 4 rings (SSSR count). The van der Waals surface area contributed by atoms with E-state index < -0.39 is 6.10 Å². The van der Waals surface area contributed by atoms with Crippen LogP contribution < -0.4 is 4.74 Å². The van der Waals surface area contributed by atoms with E-state index in [0.29, 0.717) is 11.8 Å². The number of hydrogen-bond donors (Lipinski definition) is 2. The molecule has 2 aliphatic heterocycles. The highest BCUT2D eigenvalue weighted by Gasteiger charge is 2.60. The van der Waals surface area contributed by atoms with Crippen molar-refractivity contribution in [3.63, 3.8) is 0 Å². The van der Waals surface area contributed by atoms with E-state index in [-0.39, 0.29) is 23.2 Å². The summed E-state index contributed by atoms with van der Waals surface area (Å²) >= 11 is 0. The molecule has 1 aliphatic carbocycles. The molecule has 2 heterocycles. The number of aliphatic hydroxyl groups excluding tert-OH is 1. The quantitative estimate of drug-likeness (QED) is 0.713. The molecule has 1 saturated heterocycles. The summed E-state index contributed by atoms with van der Waals surface area (Å²) < 4.78 is 6.03. The summed E-state index contributed by atoms with van der Waals surface area (Å²) in [4.78, 5) is 2.36. The molecule has 4 nitrogen and oxygen atoms in total. The molecule has 0 saturated carbocycles. The lowest BCUT2D eigenvalue weighted by atomic mass is 9.58. The van der Waals surface area contributed by atoms with Crippen molar-refractivity contribution in [3.8, 4) is 11.5 Å². The second-order valence-electron chi connectivity index (χ2n) is 6.61. The molecule has 1 spiro atoms. The van der Waals surface area contributed by atoms with Crippen molar-refractivity contribution in [2.24, 2.45) is 5.92 Å². The third-order valence-electron chi connectivity index (χ3n) is 5.76. The summed E-state index contributed by atoms with van der Waals surface area (Å²) in [5, 5.41) is 20.6. The van der Waals surface area contributed by atoms with Gasteiger partial charge in [0, 0.05) is 22.9 Å². The Bertz CT molecular complexity index is 614. The first kappa shape index (κ1) is 13.2. The highest BCUT2D eigenvalue weighted by molar-refractivity contribution is 5.56. The maximum absolute atomic E-state index is 10.4. The van der Waals surface area contributed by atoms with Crippen LogP contribution in [-0.2, 0) is 5.41 Å². The standard InChI is InChI=1S/C17H21NO3/c1-10-11-6-7-14(20)16-17(11,8-9-18(10)2)12-4-3-5-13(19)15(12)21-16/h3-7,10-11,14,16,19-20H,8-9H2,1-2H3/t10-,11+,14+,16+,17+/m1/s1. The number of para-hydroxylation sites is 1. The zero-order valence-electron chi connectivity index (χ0n) is 12.4. The number of hydrogen-bond acceptors (Lipinski definition) is 4. The average Bonchev–Trinajstić information content (AvgIpc) is 2.81. The second-order valence-corrected chi connectivity index (χ2v) is 6.61. The Balaban J connectivity index is 1.93. The van der Waals surface area contributed by atoms with Gasteiger partial charge in [0.05, 0.1) is 0 Å². The van der Waals surface area contributed by atoms with Gasteiger partial charge < -0.3 is 19.8 Å². The Labute approximate surface area is 124 Å². The lowest BCUT2D eigenvalue weighted by Crippen LogP contribution is -2.61. The third kappa shape index (κ3) is 1.52. The molecule has 0 bridgehead atoms. The summed E-state index contributed by atoms with van der Waals surface area (Å²) in [5.41, 5.74) is 0.828. The van der Waals surface area contributed by atoms with Gasteiger partial charge in [0.2, 0.25) is 0 Å². The van der Waals surface area contributed by atoms with Crippen molar-refractivity contribution in [1.82, 2.24) is 4.90 Å². The fraction of sp³-hybridized carbons (Fsp3) is 0.529. The predicted octanol–water partition coefficient (Wildman–Crippen LogP) is 1.66. The highest BCUT2D eigenvalue weighted by Crippen LogP contribution is 2.58. The molecule has 1 aromatic rings. The van der Waals surface area contributed by atoms with Gasteiger partial charge in [0.25, 0.3) is 0 Å². The van der Waals surface area contributed by atoms with Crippen LogP contribution in [0.15, 0.2) is 30.4 Å². The van der Waals surface area contributed by atoms with Crippen LogP contribution in [0.2, 0.25) is 0 Å². The third-order valence-corrected chi connectivity index (χ3v) is 5.76. The van der Waals surface area contributed by atoms with Crippen LogP contribution in [0.25, 0.3) is 0 Å². The van der Waals surface area contributed by atoms with Gasteiger partial charge in [-0.3, -0.25) is 0 Å². The molecule has 5 atom stereocenters. The zero-order chi connectivity index (χ0) is 14.8. The number of rotatable bonds is 0. The predicted molar refractivity (Wildman–Crippen MR) is 79.5 cm³/mol. The molecule has 0 radical (unpaired) electrons. The van der Waals surface area contributed by atoms with Crippen LogP contribution >= 0.6 is 0 Å². The number of aromatic hydroxyl groups is 1. The Morgan fingerprint density at radius 2 is 2.14 bits per heavy atom. The molecule has 21 heavy (non-hydrogen) atoms. The maximum atomic E-state index is 10.4. The minimum atomic E-state index is -0.622. The first-order valence-electron chi connectivity index (χ1n) is 7.61. The van der Waals surface area contributed by atoms with Crippen LogP contribution in [0.1, 0.15) is 18.9 Å². The molecular weight excluding hydrogens is 266 g/mol. The van der Waals surface area contributed by atoms with E-state index in [1.807, 2.05) is 18.2 Å². The van der Waals surface area contributed by atoms with Crippen LogP contribution in [0.5, 0.6) is 11.5 Å². The number of likely N-dealkylation sites (tertiary alicyclic amines) is 1. The molecular formula is C17H21NO3. The van der Waals surface area contributed by atoms with Crippen molar-refractivity contribution in [2.75, 3.05) is 13.6 Å². The zero-order valence-corrected chi connectivity index (χ0v) is 12.4. The number of fused-ring (bicyclic) bond motifs is 1. The van der Waals surface area contributed by atoms with E-state index in [1.165, 1.54) is 0 Å². The van der Waals surface area contributed by atoms with Gasteiger partial charge in [0.15, 0.2) is 11.5 Å². The summed E-state index contributed by atoms with van der Waals surface area (Å²) in [6.45, 7) is 3.19. The molecule has 3 aliphatic rings. The van der Waals surface area contributed by atoms with Crippen molar-refractivity contribution in [3.05, 3.63) is 35.9 Å². The van der Waals surface area contributed by atoms with Crippen LogP contribution in [0, 0.1) is 5.92 Å². The molecule has 112 valence electrons. The van der Waals surface area contributed by atoms with Gasteiger partial charge in [-0.1, -0.05) is 24.3 Å². The van der Waals surface area contributed by atoms with Crippen molar-refractivity contribution >= 4 is 0 Å². The van der Waals surface area contributed by atoms with Gasteiger partial charge in [-0.2, -0.15) is 0 Å². The van der Waals surface area contributed by atoms with Crippen LogP contribution in [0.3, 0.4) is 0 Å². The molecule has 0 aromatic heterocycles. The Morgan fingerprint density at radius 1 is 1.33 bits per heavy atom. The lowest BCUT2D eigenvalue weighted by molar-refractivity contribution is -0.0368. The van der Waals surface area contributed by atoms with Crippen molar-refractivity contribution in [1.29, 1.82) is 0 Å². The van der Waals surface area contributed by atoms with E-state index in [2.05, 4.69) is 24.9 Å². The van der Waals surface area contributed by atoms with E-state index >= 15 is 0 Å². The van der Waals surface area contributed by atoms with Gasteiger partial charge in [-0.15, -0.1) is 0 Å². The van der Waals surface area contributed by atoms with E-state index in [4.69, 9.17) is 4.74 Å². The number of nitrogens with zero attached hydrogens (tertiary/aromatic N) is 1. The van der Waals surface area contributed by atoms with Crippen LogP contribution in [0.4, 0.5) is 0 Å². The average molecular weight is 287 g/mol. The monoisotopic (exact) mass is 287 g/mol. The van der Waals surface area contributed by atoms with Crippen LogP contribution in [-0.4, -0.2) is 47.0 Å². The Morgan fingerprint density at radius 3 is 2.95 bits per heavy atom. The number of aliphatic hydroxyl groups is 1.